The number of non-ortho nitro benzene ring substituents is 1. The van der Waals surface area contributed by atoms with E-state index in [9.17, 15) is 10.1 Å². The minimum absolute atomic E-state index is 0.189. The predicted octanol–water partition coefficient (Wildman–Crippen LogP) is 4.07. The van der Waals surface area contributed by atoms with Crippen LogP contribution in [0.1, 0.15) is 50.6 Å². The molecule has 0 aliphatic heterocycles. The minimum atomic E-state index is -0.312. The summed E-state index contributed by atoms with van der Waals surface area (Å²) in [6.45, 7) is 3.20. The standard InChI is InChI=1S/C17H24N2O2/c1-2-17(14-4-3-5-15(10-14)19(20)21)18-11-16(12-6-7-12)13-8-9-13/h3-5,10,12-13,16-18H,2,6-9,11H2,1H3. The quantitative estimate of drug-likeness (QED) is 0.579. The molecule has 114 valence electrons. The number of hydrogen-bond acceptors (Lipinski definition) is 3. The van der Waals surface area contributed by atoms with E-state index in [1.807, 2.05) is 6.07 Å². The zero-order valence-corrected chi connectivity index (χ0v) is 12.6. The van der Waals surface area contributed by atoms with Gasteiger partial charge in [-0.1, -0.05) is 19.1 Å². The van der Waals surface area contributed by atoms with Gasteiger partial charge in [-0.3, -0.25) is 10.1 Å². The Hall–Kier alpha value is -1.42. The summed E-state index contributed by atoms with van der Waals surface area (Å²) in [6.07, 6.45) is 6.56. The second kappa shape index (κ2) is 6.14. The van der Waals surface area contributed by atoms with E-state index in [4.69, 9.17) is 0 Å². The highest BCUT2D eigenvalue weighted by Crippen LogP contribution is 2.49. The summed E-state index contributed by atoms with van der Waals surface area (Å²) in [5.74, 6) is 2.71. The van der Waals surface area contributed by atoms with Crippen LogP contribution in [0.3, 0.4) is 0 Å². The Labute approximate surface area is 126 Å². The van der Waals surface area contributed by atoms with Crippen molar-refractivity contribution in [3.05, 3.63) is 39.9 Å². The van der Waals surface area contributed by atoms with Crippen LogP contribution in [-0.2, 0) is 0 Å². The van der Waals surface area contributed by atoms with E-state index in [-0.39, 0.29) is 16.7 Å². The Balaban J connectivity index is 1.63. The van der Waals surface area contributed by atoms with Crippen LogP contribution < -0.4 is 5.32 Å². The van der Waals surface area contributed by atoms with Crippen LogP contribution in [0.4, 0.5) is 5.69 Å². The largest absolute Gasteiger partial charge is 0.310 e. The molecule has 0 saturated heterocycles. The summed E-state index contributed by atoms with van der Waals surface area (Å²) in [7, 11) is 0. The van der Waals surface area contributed by atoms with Gasteiger partial charge in [0.05, 0.1) is 4.92 Å². The van der Waals surface area contributed by atoms with Crippen molar-refractivity contribution >= 4 is 5.69 Å². The fourth-order valence-corrected chi connectivity index (χ4v) is 3.40. The molecule has 1 aromatic rings. The third-order valence-electron chi connectivity index (χ3n) is 4.95. The Bertz CT molecular complexity index is 497. The van der Waals surface area contributed by atoms with Gasteiger partial charge < -0.3 is 5.32 Å². The number of nitro benzene ring substituents is 1. The molecule has 0 aromatic heterocycles. The molecule has 1 unspecified atom stereocenters. The van der Waals surface area contributed by atoms with E-state index >= 15 is 0 Å². The molecule has 0 spiro atoms. The third-order valence-corrected chi connectivity index (χ3v) is 4.95. The Kier molecular flexibility index (Phi) is 4.24. The molecule has 2 aliphatic rings. The molecule has 1 N–H and O–H groups in total. The second-order valence-electron chi connectivity index (χ2n) is 6.56. The molecule has 4 nitrogen and oxygen atoms in total. The fourth-order valence-electron chi connectivity index (χ4n) is 3.40. The molecule has 21 heavy (non-hydrogen) atoms. The van der Waals surface area contributed by atoms with E-state index in [1.165, 1.54) is 25.7 Å². The Morgan fingerprint density at radius 3 is 2.48 bits per heavy atom. The molecule has 1 atom stereocenters. The highest BCUT2D eigenvalue weighted by atomic mass is 16.6. The lowest BCUT2D eigenvalue weighted by Crippen LogP contribution is -2.29. The van der Waals surface area contributed by atoms with Crippen molar-refractivity contribution in [2.24, 2.45) is 17.8 Å². The van der Waals surface area contributed by atoms with Gasteiger partial charge in [0.2, 0.25) is 0 Å². The van der Waals surface area contributed by atoms with Crippen LogP contribution in [0.15, 0.2) is 24.3 Å². The number of hydrogen-bond donors (Lipinski definition) is 1. The lowest BCUT2D eigenvalue weighted by atomic mass is 9.96. The molecule has 2 aliphatic carbocycles. The molecule has 0 heterocycles. The summed E-state index contributed by atoms with van der Waals surface area (Å²) in [5, 5.41) is 14.6. The van der Waals surface area contributed by atoms with Crippen molar-refractivity contribution in [1.82, 2.24) is 5.32 Å². The van der Waals surface area contributed by atoms with E-state index in [2.05, 4.69) is 12.2 Å². The second-order valence-corrected chi connectivity index (χ2v) is 6.56. The molecule has 1 aromatic carbocycles. The average molecular weight is 288 g/mol. The topological polar surface area (TPSA) is 55.2 Å². The first kappa shape index (κ1) is 14.5. The maximum atomic E-state index is 10.9. The van der Waals surface area contributed by atoms with Crippen LogP contribution in [0.25, 0.3) is 0 Å². The van der Waals surface area contributed by atoms with Crippen molar-refractivity contribution in [3.63, 3.8) is 0 Å². The van der Waals surface area contributed by atoms with Gasteiger partial charge in [0.25, 0.3) is 5.69 Å². The Morgan fingerprint density at radius 2 is 1.95 bits per heavy atom. The number of nitrogens with one attached hydrogen (secondary N) is 1. The summed E-state index contributed by atoms with van der Waals surface area (Å²) in [6, 6.07) is 7.29. The zero-order chi connectivity index (χ0) is 14.8. The zero-order valence-electron chi connectivity index (χ0n) is 12.6. The van der Waals surface area contributed by atoms with E-state index in [0.29, 0.717) is 0 Å². The number of benzene rings is 1. The smallest absolute Gasteiger partial charge is 0.269 e. The van der Waals surface area contributed by atoms with Gasteiger partial charge in [0.1, 0.15) is 0 Å². The Morgan fingerprint density at radius 1 is 1.29 bits per heavy atom. The molecule has 0 bridgehead atoms. The SMILES string of the molecule is CCC(NCC(C1CC1)C1CC1)c1cccc([N+](=O)[O-])c1. The lowest BCUT2D eigenvalue weighted by Gasteiger charge is -2.22. The molecule has 3 rings (SSSR count). The first-order chi connectivity index (χ1) is 10.2. The van der Waals surface area contributed by atoms with Crippen LogP contribution >= 0.6 is 0 Å². The van der Waals surface area contributed by atoms with E-state index in [0.717, 1.165) is 36.3 Å². The predicted molar refractivity (Wildman–Crippen MR) is 83.1 cm³/mol. The number of rotatable bonds is 8. The highest BCUT2D eigenvalue weighted by Gasteiger charge is 2.41. The van der Waals surface area contributed by atoms with Crippen molar-refractivity contribution < 1.29 is 4.92 Å². The van der Waals surface area contributed by atoms with E-state index in [1.54, 1.807) is 18.2 Å². The average Bonchev–Trinajstić information content (AvgIpc) is 3.37. The fraction of sp³-hybridized carbons (Fsp3) is 0.647. The van der Waals surface area contributed by atoms with Crippen LogP contribution in [0.2, 0.25) is 0 Å². The number of nitrogens with zero attached hydrogens (tertiary/aromatic N) is 1. The summed E-state index contributed by atoms with van der Waals surface area (Å²) < 4.78 is 0. The molecular formula is C17H24N2O2. The monoisotopic (exact) mass is 288 g/mol. The molecular weight excluding hydrogens is 264 g/mol. The molecule has 4 heteroatoms. The minimum Gasteiger partial charge on any atom is -0.310 e. The van der Waals surface area contributed by atoms with Gasteiger partial charge in [-0.15, -0.1) is 0 Å². The van der Waals surface area contributed by atoms with Gasteiger partial charge in [-0.25, -0.2) is 0 Å². The van der Waals surface area contributed by atoms with Gasteiger partial charge in [0, 0.05) is 18.2 Å². The first-order valence-electron chi connectivity index (χ1n) is 8.16. The summed E-state index contributed by atoms with van der Waals surface area (Å²) >= 11 is 0. The van der Waals surface area contributed by atoms with Crippen molar-refractivity contribution in [1.29, 1.82) is 0 Å². The lowest BCUT2D eigenvalue weighted by molar-refractivity contribution is -0.384. The van der Waals surface area contributed by atoms with Crippen LogP contribution in [-0.4, -0.2) is 11.5 Å². The molecule has 0 amide bonds. The highest BCUT2D eigenvalue weighted by molar-refractivity contribution is 5.35. The van der Waals surface area contributed by atoms with Gasteiger partial charge >= 0.3 is 0 Å². The summed E-state index contributed by atoms with van der Waals surface area (Å²) in [4.78, 5) is 10.6. The molecule has 2 fully saturated rings. The van der Waals surface area contributed by atoms with Crippen LogP contribution in [0.5, 0.6) is 0 Å². The third kappa shape index (κ3) is 3.62. The maximum absolute atomic E-state index is 10.9. The van der Waals surface area contributed by atoms with Crippen molar-refractivity contribution in [2.75, 3.05) is 6.54 Å². The van der Waals surface area contributed by atoms with Gasteiger partial charge in [0.15, 0.2) is 0 Å². The van der Waals surface area contributed by atoms with Gasteiger partial charge in [-0.2, -0.15) is 0 Å². The van der Waals surface area contributed by atoms with Crippen molar-refractivity contribution in [3.8, 4) is 0 Å². The maximum Gasteiger partial charge on any atom is 0.269 e. The summed E-state index contributed by atoms with van der Waals surface area (Å²) in [5.41, 5.74) is 1.23. The normalized spacial score (nSPS) is 19.7. The van der Waals surface area contributed by atoms with Crippen LogP contribution in [0, 0.1) is 27.9 Å². The first-order valence-corrected chi connectivity index (χ1v) is 8.16. The van der Waals surface area contributed by atoms with E-state index < -0.39 is 0 Å². The van der Waals surface area contributed by atoms with Crippen molar-refractivity contribution in [2.45, 2.75) is 45.1 Å². The molecule has 2 saturated carbocycles. The number of nitro groups is 1. The molecule has 0 radical (unpaired) electrons. The van der Waals surface area contributed by atoms with Gasteiger partial charge in [-0.05, 0) is 62.0 Å².